The molecule has 90 valence electrons. The van der Waals surface area contributed by atoms with Gasteiger partial charge in [-0.05, 0) is 24.6 Å². The molecule has 0 aliphatic carbocycles. The van der Waals surface area contributed by atoms with Crippen LogP contribution in [0.2, 0.25) is 5.02 Å². The fourth-order valence-electron chi connectivity index (χ4n) is 1.96. The molecule has 0 spiro atoms. The third-order valence-corrected chi connectivity index (χ3v) is 3.03. The van der Waals surface area contributed by atoms with Gasteiger partial charge in [-0.3, -0.25) is 9.59 Å². The minimum atomic E-state index is -0.212. The van der Waals surface area contributed by atoms with Gasteiger partial charge in [-0.2, -0.15) is 0 Å². The molecule has 5 heteroatoms. The van der Waals surface area contributed by atoms with E-state index in [0.29, 0.717) is 29.2 Å². The molecule has 0 aromatic heterocycles. The topological polar surface area (TPSA) is 49.4 Å². The van der Waals surface area contributed by atoms with Crippen molar-refractivity contribution in [2.45, 2.75) is 12.8 Å². The molecule has 4 nitrogen and oxygen atoms in total. The summed E-state index contributed by atoms with van der Waals surface area (Å²) in [5.41, 5.74) is 1.08. The first-order valence-electron chi connectivity index (χ1n) is 5.45. The van der Waals surface area contributed by atoms with Crippen molar-refractivity contribution in [2.75, 3.05) is 18.5 Å². The summed E-state index contributed by atoms with van der Waals surface area (Å²) in [7, 11) is 1.56. The average Bonchev–Trinajstić information content (AvgIpc) is 2.74. The van der Waals surface area contributed by atoms with Crippen LogP contribution in [0.1, 0.15) is 23.2 Å². The van der Waals surface area contributed by atoms with Crippen molar-refractivity contribution in [1.82, 2.24) is 5.32 Å². The van der Waals surface area contributed by atoms with Crippen LogP contribution in [0.4, 0.5) is 5.69 Å². The van der Waals surface area contributed by atoms with E-state index in [4.69, 9.17) is 11.6 Å². The van der Waals surface area contributed by atoms with Gasteiger partial charge in [0.15, 0.2) is 0 Å². The molecule has 1 saturated heterocycles. The van der Waals surface area contributed by atoms with Gasteiger partial charge in [0.2, 0.25) is 5.91 Å². The summed E-state index contributed by atoms with van der Waals surface area (Å²) in [6.45, 7) is 0.642. The fourth-order valence-corrected chi connectivity index (χ4v) is 2.12. The van der Waals surface area contributed by atoms with E-state index in [1.165, 1.54) is 0 Å². The summed E-state index contributed by atoms with van der Waals surface area (Å²) in [6.07, 6.45) is 1.35. The molecule has 0 unspecified atom stereocenters. The molecule has 1 aliphatic rings. The monoisotopic (exact) mass is 252 g/mol. The second-order valence-corrected chi connectivity index (χ2v) is 4.33. The minimum absolute atomic E-state index is 0.0393. The summed E-state index contributed by atoms with van der Waals surface area (Å²) in [6, 6.07) is 4.95. The van der Waals surface area contributed by atoms with Gasteiger partial charge in [-0.25, -0.2) is 0 Å². The molecule has 0 saturated carbocycles. The van der Waals surface area contributed by atoms with Gasteiger partial charge in [0, 0.05) is 25.0 Å². The molecule has 1 fully saturated rings. The van der Waals surface area contributed by atoms with E-state index in [0.717, 1.165) is 6.42 Å². The van der Waals surface area contributed by atoms with E-state index in [1.807, 2.05) is 0 Å². The summed E-state index contributed by atoms with van der Waals surface area (Å²) < 4.78 is 0. The van der Waals surface area contributed by atoms with Crippen molar-refractivity contribution in [3.63, 3.8) is 0 Å². The maximum Gasteiger partial charge on any atom is 0.253 e. The highest BCUT2D eigenvalue weighted by molar-refractivity contribution is 6.31. The van der Waals surface area contributed by atoms with Crippen LogP contribution in [-0.2, 0) is 4.79 Å². The van der Waals surface area contributed by atoms with Crippen LogP contribution in [0.15, 0.2) is 18.2 Å². The molecule has 0 atom stereocenters. The first-order valence-corrected chi connectivity index (χ1v) is 5.83. The van der Waals surface area contributed by atoms with Gasteiger partial charge in [-0.1, -0.05) is 11.6 Å². The zero-order valence-corrected chi connectivity index (χ0v) is 10.3. The second kappa shape index (κ2) is 4.75. The average molecular weight is 253 g/mol. The van der Waals surface area contributed by atoms with Gasteiger partial charge in [0.1, 0.15) is 0 Å². The van der Waals surface area contributed by atoms with Gasteiger partial charge in [0.05, 0.1) is 11.3 Å². The Morgan fingerprint density at radius 1 is 1.47 bits per heavy atom. The number of carbonyl (C=O) groups is 2. The number of nitrogens with zero attached hydrogens (tertiary/aromatic N) is 1. The highest BCUT2D eigenvalue weighted by Gasteiger charge is 2.25. The van der Waals surface area contributed by atoms with E-state index < -0.39 is 0 Å². The third-order valence-electron chi connectivity index (χ3n) is 2.80. The number of halogens is 1. The van der Waals surface area contributed by atoms with Crippen LogP contribution in [0, 0.1) is 0 Å². The van der Waals surface area contributed by atoms with Gasteiger partial charge in [-0.15, -0.1) is 0 Å². The highest BCUT2D eigenvalue weighted by atomic mass is 35.5. The number of rotatable bonds is 2. The van der Waals surface area contributed by atoms with Crippen LogP contribution in [-0.4, -0.2) is 25.4 Å². The molecule has 17 heavy (non-hydrogen) atoms. The van der Waals surface area contributed by atoms with E-state index >= 15 is 0 Å². The van der Waals surface area contributed by atoms with Crippen molar-refractivity contribution >= 4 is 29.1 Å². The first-order chi connectivity index (χ1) is 8.13. The molecule has 2 amide bonds. The van der Waals surface area contributed by atoms with Gasteiger partial charge >= 0.3 is 0 Å². The van der Waals surface area contributed by atoms with E-state index in [-0.39, 0.29) is 11.8 Å². The second-order valence-electron chi connectivity index (χ2n) is 3.89. The van der Waals surface area contributed by atoms with E-state index in [2.05, 4.69) is 5.32 Å². The fraction of sp³-hybridized carbons (Fsp3) is 0.333. The Hall–Kier alpha value is -1.55. The minimum Gasteiger partial charge on any atom is -0.355 e. The number of carbonyl (C=O) groups excluding carboxylic acids is 2. The molecule has 1 aliphatic heterocycles. The molecule has 0 radical (unpaired) electrons. The zero-order valence-electron chi connectivity index (χ0n) is 9.50. The Morgan fingerprint density at radius 2 is 2.24 bits per heavy atom. The number of anilines is 1. The predicted octanol–water partition coefficient (Wildman–Crippen LogP) is 1.83. The summed E-state index contributed by atoms with van der Waals surface area (Å²) in [5.74, 6) is -0.172. The zero-order chi connectivity index (χ0) is 12.4. The normalized spacial score (nSPS) is 15.2. The summed E-state index contributed by atoms with van der Waals surface area (Å²) in [4.78, 5) is 25.0. The van der Waals surface area contributed by atoms with Crippen LogP contribution in [0.3, 0.4) is 0 Å². The quantitative estimate of drug-likeness (QED) is 0.873. The van der Waals surface area contributed by atoms with Crippen LogP contribution in [0.5, 0.6) is 0 Å². The number of amides is 2. The summed E-state index contributed by atoms with van der Waals surface area (Å²) in [5, 5.41) is 3.08. The maximum absolute atomic E-state index is 11.7. The number of hydrogen-bond acceptors (Lipinski definition) is 2. The maximum atomic E-state index is 11.7. The van der Waals surface area contributed by atoms with E-state index in [1.54, 1.807) is 30.1 Å². The molecule has 0 bridgehead atoms. The van der Waals surface area contributed by atoms with Crippen molar-refractivity contribution in [2.24, 2.45) is 0 Å². The van der Waals surface area contributed by atoms with Gasteiger partial charge < -0.3 is 10.2 Å². The summed E-state index contributed by atoms with van der Waals surface area (Å²) >= 11 is 5.92. The highest BCUT2D eigenvalue weighted by Crippen LogP contribution is 2.28. The largest absolute Gasteiger partial charge is 0.355 e. The van der Waals surface area contributed by atoms with Gasteiger partial charge in [0.25, 0.3) is 5.91 Å². The SMILES string of the molecule is CNC(=O)c1ccc(Cl)cc1N1CCCC1=O. The predicted molar refractivity (Wildman–Crippen MR) is 66.4 cm³/mol. The Morgan fingerprint density at radius 3 is 2.82 bits per heavy atom. The molecular formula is C12H13ClN2O2. The lowest BCUT2D eigenvalue weighted by Crippen LogP contribution is -2.28. The van der Waals surface area contributed by atoms with Crippen LogP contribution < -0.4 is 10.2 Å². The molecule has 1 aromatic carbocycles. The molecule has 1 aromatic rings. The molecule has 1 heterocycles. The Balaban J connectivity index is 2.46. The lowest BCUT2D eigenvalue weighted by atomic mass is 10.1. The Labute approximate surface area is 105 Å². The molecular weight excluding hydrogens is 240 g/mol. The smallest absolute Gasteiger partial charge is 0.253 e. The molecule has 1 N–H and O–H groups in total. The van der Waals surface area contributed by atoms with Crippen molar-refractivity contribution < 1.29 is 9.59 Å². The first kappa shape index (κ1) is 11.9. The Kier molecular flexibility index (Phi) is 3.33. The van der Waals surface area contributed by atoms with Crippen molar-refractivity contribution in [3.8, 4) is 0 Å². The lowest BCUT2D eigenvalue weighted by molar-refractivity contribution is -0.117. The van der Waals surface area contributed by atoms with Crippen molar-refractivity contribution in [3.05, 3.63) is 28.8 Å². The van der Waals surface area contributed by atoms with Crippen molar-refractivity contribution in [1.29, 1.82) is 0 Å². The standard InChI is InChI=1S/C12H13ClN2O2/c1-14-12(17)9-5-4-8(13)7-10(9)15-6-2-3-11(15)16/h4-5,7H,2-3,6H2,1H3,(H,14,17). The van der Waals surface area contributed by atoms with Crippen LogP contribution >= 0.6 is 11.6 Å². The third kappa shape index (κ3) is 2.26. The lowest BCUT2D eigenvalue weighted by Gasteiger charge is -2.19. The number of hydrogen-bond donors (Lipinski definition) is 1. The number of benzene rings is 1. The molecule has 2 rings (SSSR count). The number of nitrogens with one attached hydrogen (secondary N) is 1. The van der Waals surface area contributed by atoms with E-state index in [9.17, 15) is 9.59 Å². The Bertz CT molecular complexity index is 474. The van der Waals surface area contributed by atoms with Crippen LogP contribution in [0.25, 0.3) is 0 Å².